The molecule has 2 aromatic heterocycles. The lowest BCUT2D eigenvalue weighted by Gasteiger charge is -2.28. The molecule has 1 aliphatic carbocycles. The van der Waals surface area contributed by atoms with Crippen LogP contribution in [0.15, 0.2) is 94.7 Å². The van der Waals surface area contributed by atoms with Gasteiger partial charge in [-0.1, -0.05) is 55.4 Å². The number of unbranched alkanes of at least 4 members (excludes halogenated alkanes) is 2. The largest absolute Gasteiger partial charge is 0.494 e. The molecule has 1 atom stereocenters. The summed E-state index contributed by atoms with van der Waals surface area (Å²) in [5.41, 5.74) is 3.91. The predicted molar refractivity (Wildman–Crippen MR) is 197 cm³/mol. The molecule has 250 valence electrons. The summed E-state index contributed by atoms with van der Waals surface area (Å²) in [5, 5.41) is 9.39. The van der Waals surface area contributed by atoms with E-state index in [1.54, 1.807) is 30.3 Å². The molecular weight excluding hydrogens is 653 g/mol. The zero-order chi connectivity index (χ0) is 33.6. The van der Waals surface area contributed by atoms with Gasteiger partial charge < -0.3 is 14.4 Å². The van der Waals surface area contributed by atoms with Crippen molar-refractivity contribution in [2.24, 2.45) is 16.1 Å². The van der Waals surface area contributed by atoms with Gasteiger partial charge >= 0.3 is 5.97 Å². The molecule has 1 saturated heterocycles. The number of Topliss-reactive ketones (excluding diaryl/α,β-unsaturated/α-hetero) is 1. The van der Waals surface area contributed by atoms with Gasteiger partial charge in [0.15, 0.2) is 5.78 Å². The number of thiazole rings is 1. The molecule has 10 heteroatoms. The van der Waals surface area contributed by atoms with Gasteiger partial charge in [-0.15, -0.1) is 21.6 Å². The number of ketones is 1. The molecule has 8 nitrogen and oxygen atoms in total. The second kappa shape index (κ2) is 15.3. The Morgan fingerprint density at radius 2 is 1.71 bits per heavy atom. The lowest BCUT2D eigenvalue weighted by Crippen LogP contribution is -2.29. The molecule has 49 heavy (non-hydrogen) atoms. The van der Waals surface area contributed by atoms with E-state index in [1.165, 1.54) is 47.6 Å². The number of nitrogens with zero attached hydrogens (tertiary/aromatic N) is 4. The molecule has 0 amide bonds. The SMILES string of the molecule is CCCCCOc1ccc(OC(=O)/C(=C/c2cc3sc(/N=N/c4ccc(N5CCCCC5)cc4)nc3s2)C2Cc3ccccc3C2=O)cc1. The summed E-state index contributed by atoms with van der Waals surface area (Å²) in [6.07, 6.45) is 9.25. The Bertz CT molecular complexity index is 1960. The molecule has 5 aromatic rings. The molecule has 7 rings (SSSR count). The minimum atomic E-state index is -0.634. The zero-order valence-electron chi connectivity index (χ0n) is 27.5. The van der Waals surface area contributed by atoms with Crippen LogP contribution < -0.4 is 14.4 Å². The third kappa shape index (κ3) is 7.81. The van der Waals surface area contributed by atoms with E-state index in [9.17, 15) is 9.59 Å². The zero-order valence-corrected chi connectivity index (χ0v) is 29.1. The van der Waals surface area contributed by atoms with Crippen LogP contribution in [-0.4, -0.2) is 36.4 Å². The number of aromatic nitrogens is 1. The summed E-state index contributed by atoms with van der Waals surface area (Å²) in [5.74, 6) is -0.135. The Morgan fingerprint density at radius 1 is 0.939 bits per heavy atom. The third-order valence-corrected chi connectivity index (χ3v) is 10.9. The van der Waals surface area contributed by atoms with Crippen LogP contribution in [0.2, 0.25) is 0 Å². The fourth-order valence-electron chi connectivity index (χ4n) is 6.30. The lowest BCUT2D eigenvalue weighted by atomic mass is 9.94. The van der Waals surface area contributed by atoms with Crippen molar-refractivity contribution >= 4 is 66.5 Å². The minimum absolute atomic E-state index is 0.0715. The van der Waals surface area contributed by atoms with E-state index >= 15 is 0 Å². The van der Waals surface area contributed by atoms with Crippen molar-refractivity contribution < 1.29 is 19.1 Å². The van der Waals surface area contributed by atoms with Crippen molar-refractivity contribution in [3.8, 4) is 11.5 Å². The lowest BCUT2D eigenvalue weighted by molar-refractivity contribution is -0.130. The van der Waals surface area contributed by atoms with E-state index in [-0.39, 0.29) is 5.78 Å². The first-order chi connectivity index (χ1) is 24.0. The number of hydrogen-bond donors (Lipinski definition) is 0. The number of piperidine rings is 1. The highest BCUT2D eigenvalue weighted by Crippen LogP contribution is 2.38. The first-order valence-electron chi connectivity index (χ1n) is 17.0. The Morgan fingerprint density at radius 3 is 2.47 bits per heavy atom. The van der Waals surface area contributed by atoms with E-state index < -0.39 is 11.9 Å². The number of thiophene rings is 1. The molecule has 0 saturated carbocycles. The van der Waals surface area contributed by atoms with Gasteiger partial charge in [0.2, 0.25) is 5.13 Å². The monoisotopic (exact) mass is 690 g/mol. The van der Waals surface area contributed by atoms with Crippen LogP contribution in [0.1, 0.15) is 66.2 Å². The Balaban J connectivity index is 1.08. The number of fused-ring (bicyclic) bond motifs is 2. The van der Waals surface area contributed by atoms with Crippen molar-refractivity contribution in [2.75, 3.05) is 24.6 Å². The van der Waals surface area contributed by atoms with E-state index in [0.717, 1.165) is 63.8 Å². The predicted octanol–water partition coefficient (Wildman–Crippen LogP) is 10.4. The molecule has 1 fully saturated rings. The van der Waals surface area contributed by atoms with Crippen molar-refractivity contribution in [3.63, 3.8) is 0 Å². The van der Waals surface area contributed by atoms with Gasteiger partial charge in [-0.3, -0.25) is 4.79 Å². The van der Waals surface area contributed by atoms with Gasteiger partial charge in [-0.25, -0.2) is 9.78 Å². The molecule has 0 bridgehead atoms. The molecule has 2 aliphatic rings. The van der Waals surface area contributed by atoms with Gasteiger partial charge in [0.25, 0.3) is 0 Å². The first-order valence-corrected chi connectivity index (χ1v) is 18.6. The van der Waals surface area contributed by atoms with Crippen LogP contribution in [0.4, 0.5) is 16.5 Å². The molecule has 1 aliphatic heterocycles. The van der Waals surface area contributed by atoms with Gasteiger partial charge in [-0.2, -0.15) is 0 Å². The van der Waals surface area contributed by atoms with Crippen LogP contribution in [-0.2, 0) is 11.2 Å². The van der Waals surface area contributed by atoms with E-state index in [2.05, 4.69) is 39.2 Å². The molecule has 0 radical (unpaired) electrons. The van der Waals surface area contributed by atoms with Crippen LogP contribution >= 0.6 is 22.7 Å². The van der Waals surface area contributed by atoms with Gasteiger partial charge in [0.05, 0.1) is 28.5 Å². The molecular formula is C39H38N4O4S2. The summed E-state index contributed by atoms with van der Waals surface area (Å²) < 4.78 is 12.6. The van der Waals surface area contributed by atoms with Crippen molar-refractivity contribution in [2.45, 2.75) is 51.9 Å². The van der Waals surface area contributed by atoms with Crippen molar-refractivity contribution in [1.29, 1.82) is 0 Å². The summed E-state index contributed by atoms with van der Waals surface area (Å²) >= 11 is 2.89. The number of esters is 1. The number of ether oxygens (including phenoxy) is 2. The maximum Gasteiger partial charge on any atom is 0.340 e. The fourth-order valence-corrected chi connectivity index (χ4v) is 8.29. The van der Waals surface area contributed by atoms with Crippen LogP contribution in [0.5, 0.6) is 11.5 Å². The van der Waals surface area contributed by atoms with E-state index in [1.807, 2.05) is 42.5 Å². The first kappa shape index (κ1) is 32.9. The Kier molecular flexibility index (Phi) is 10.2. The molecule has 3 aromatic carbocycles. The Hall–Kier alpha value is -4.67. The van der Waals surface area contributed by atoms with Crippen LogP contribution in [0.3, 0.4) is 0 Å². The minimum Gasteiger partial charge on any atom is -0.494 e. The number of carbonyl (C=O) groups excluding carboxylic acids is 2. The summed E-state index contributed by atoms with van der Waals surface area (Å²) in [6, 6.07) is 24.8. The molecule has 3 heterocycles. The summed E-state index contributed by atoms with van der Waals surface area (Å²) in [4.78, 5) is 36.0. The highest BCUT2D eigenvalue weighted by Gasteiger charge is 2.36. The average Bonchev–Trinajstić information content (AvgIpc) is 3.80. The summed E-state index contributed by atoms with van der Waals surface area (Å²) in [7, 11) is 0. The molecule has 1 unspecified atom stereocenters. The molecule has 0 spiro atoms. The second-order valence-corrected chi connectivity index (χ2v) is 14.4. The number of hydrogen-bond acceptors (Lipinski definition) is 10. The van der Waals surface area contributed by atoms with Crippen molar-refractivity contribution in [1.82, 2.24) is 4.98 Å². The smallest absolute Gasteiger partial charge is 0.340 e. The maximum absolute atomic E-state index is 13.8. The quantitative estimate of drug-likeness (QED) is 0.0425. The highest BCUT2D eigenvalue weighted by molar-refractivity contribution is 7.29. The number of carbonyl (C=O) groups is 2. The van der Waals surface area contributed by atoms with Crippen LogP contribution in [0.25, 0.3) is 15.6 Å². The summed E-state index contributed by atoms with van der Waals surface area (Å²) in [6.45, 7) is 5.01. The van der Waals surface area contributed by atoms with E-state index in [4.69, 9.17) is 9.47 Å². The maximum atomic E-state index is 13.8. The van der Waals surface area contributed by atoms with Crippen molar-refractivity contribution in [3.05, 3.63) is 100 Å². The number of azo groups is 1. The fraction of sp³-hybridized carbons (Fsp3) is 0.308. The van der Waals surface area contributed by atoms with Gasteiger partial charge in [-0.05, 0) is 98.3 Å². The molecule has 0 N–H and O–H groups in total. The average molecular weight is 691 g/mol. The number of benzene rings is 3. The standard InChI is InChI=1S/C39H38N4O4S2/c1-2-3-9-22-46-29-16-18-30(19-17-29)47-38(45)34(33-23-26-10-5-6-11-32(26)36(33)44)24-31-25-35-37(48-31)40-39(49-35)42-41-27-12-14-28(15-13-27)43-20-7-4-8-21-43/h5-6,10-19,24-25,33H,2-4,7-9,20-23H2,1H3/b34-24+,42-41+. The number of anilines is 1. The Labute approximate surface area is 294 Å². The normalized spacial score (nSPS) is 16.4. The van der Waals surface area contributed by atoms with Gasteiger partial charge in [0.1, 0.15) is 16.3 Å². The van der Waals surface area contributed by atoms with Gasteiger partial charge in [0, 0.05) is 29.2 Å². The van der Waals surface area contributed by atoms with Crippen LogP contribution in [0, 0.1) is 5.92 Å². The van der Waals surface area contributed by atoms with E-state index in [0.29, 0.717) is 35.0 Å². The topological polar surface area (TPSA) is 93.4 Å². The second-order valence-electron chi connectivity index (χ2n) is 12.4. The highest BCUT2D eigenvalue weighted by atomic mass is 32.1. The third-order valence-electron chi connectivity index (χ3n) is 8.90. The number of rotatable bonds is 12.